The molecule has 4 heterocycles. The maximum absolute atomic E-state index is 11.4. The second kappa shape index (κ2) is 16.9. The fourth-order valence-corrected chi connectivity index (χ4v) is 7.09. The van der Waals surface area contributed by atoms with Crippen LogP contribution in [0.4, 0.5) is 0 Å². The second-order valence-electron chi connectivity index (χ2n) is 13.4. The minimum atomic E-state index is -1.58. The fourth-order valence-electron chi connectivity index (χ4n) is 7.09. The van der Waals surface area contributed by atoms with Crippen LogP contribution in [0.3, 0.4) is 0 Å². The molecule has 49 heavy (non-hydrogen) atoms. The molecule has 4 aliphatic heterocycles. The third kappa shape index (κ3) is 8.22. The summed E-state index contributed by atoms with van der Waals surface area (Å²) in [7, 11) is 1.54. The van der Waals surface area contributed by atoms with Crippen molar-refractivity contribution >= 4 is 0 Å². The van der Waals surface area contributed by atoms with Gasteiger partial charge in [-0.2, -0.15) is 0 Å². The van der Waals surface area contributed by atoms with E-state index in [0.29, 0.717) is 13.1 Å². The van der Waals surface area contributed by atoms with Crippen LogP contribution < -0.4 is 39.3 Å². The van der Waals surface area contributed by atoms with Gasteiger partial charge in [-0.15, -0.1) is 0 Å². The van der Waals surface area contributed by atoms with Crippen molar-refractivity contribution in [3.63, 3.8) is 0 Å². The van der Waals surface area contributed by atoms with E-state index in [4.69, 9.17) is 61.8 Å². The number of ether oxygens (including phenoxy) is 7. The molecule has 5 fully saturated rings. The Morgan fingerprint density at radius 2 is 1.31 bits per heavy atom. The first-order chi connectivity index (χ1) is 23.3. The molecule has 5 aliphatic rings. The van der Waals surface area contributed by atoms with Crippen LogP contribution in [-0.4, -0.2) is 198 Å². The van der Waals surface area contributed by atoms with Crippen LogP contribution in [0.15, 0.2) is 0 Å². The molecule has 1 aliphatic carbocycles. The van der Waals surface area contributed by atoms with Crippen LogP contribution in [0.25, 0.3) is 0 Å². The molecular weight excluding hydrogens is 658 g/mol. The lowest BCUT2D eigenvalue weighted by Gasteiger charge is -2.51. The van der Waals surface area contributed by atoms with Gasteiger partial charge in [0.1, 0.15) is 61.0 Å². The Morgan fingerprint density at radius 3 is 1.98 bits per heavy atom. The molecule has 1 saturated carbocycles. The molecule has 0 spiro atoms. The normalized spacial score (nSPS) is 52.2. The third-order valence-corrected chi connectivity index (χ3v) is 9.99. The first kappa shape index (κ1) is 39.4. The first-order valence-corrected chi connectivity index (χ1v) is 16.7. The highest BCUT2D eigenvalue weighted by Gasteiger charge is 2.55. The van der Waals surface area contributed by atoms with Crippen LogP contribution in [0.2, 0.25) is 0 Å². The molecule has 0 aromatic rings. The minimum absolute atomic E-state index is 0.0905. The van der Waals surface area contributed by atoms with E-state index >= 15 is 0 Å². The molecule has 4 saturated heterocycles. The molecule has 5 rings (SSSR count). The molecule has 19 N–H and O–H groups in total. The van der Waals surface area contributed by atoms with Gasteiger partial charge in [-0.05, 0) is 19.9 Å². The predicted octanol–water partition coefficient (Wildman–Crippen LogP) is -8.93. The molecular formula is C28H55N7O14. The summed E-state index contributed by atoms with van der Waals surface area (Å²) in [5.74, 6) is 0. The van der Waals surface area contributed by atoms with E-state index < -0.39 is 135 Å². The number of likely N-dealkylation sites (N-methyl/N-ethyl adjacent to an activating group) is 1. The molecule has 10 unspecified atom stereocenters. The number of fused-ring (bicyclic) bond motifs is 1. The molecule has 0 amide bonds. The van der Waals surface area contributed by atoms with Crippen molar-refractivity contribution in [3.8, 4) is 0 Å². The smallest absolute Gasteiger partial charge is 0.189 e. The lowest BCUT2D eigenvalue weighted by atomic mass is 9.84. The number of rotatable bonds is 12. The predicted molar refractivity (Wildman–Crippen MR) is 165 cm³/mol. The molecule has 21 heteroatoms. The van der Waals surface area contributed by atoms with Gasteiger partial charge in [-0.25, -0.2) is 0 Å². The average molecular weight is 714 g/mol. The van der Waals surface area contributed by atoms with E-state index in [0.717, 1.165) is 0 Å². The van der Waals surface area contributed by atoms with Crippen molar-refractivity contribution in [1.82, 2.24) is 10.6 Å². The van der Waals surface area contributed by atoms with Gasteiger partial charge in [-0.1, -0.05) is 0 Å². The zero-order chi connectivity index (χ0) is 35.7. The Labute approximate surface area is 283 Å². The number of hydrogen-bond acceptors (Lipinski definition) is 21. The van der Waals surface area contributed by atoms with Crippen LogP contribution in [0.5, 0.6) is 0 Å². The van der Waals surface area contributed by atoms with E-state index in [1.807, 2.05) is 0 Å². The number of nitrogens with two attached hydrogens (primary N) is 5. The van der Waals surface area contributed by atoms with Crippen molar-refractivity contribution in [2.45, 2.75) is 141 Å². The summed E-state index contributed by atoms with van der Waals surface area (Å²) in [4.78, 5) is 0. The van der Waals surface area contributed by atoms with Gasteiger partial charge in [0, 0.05) is 31.7 Å². The molecule has 21 atom stereocenters. The summed E-state index contributed by atoms with van der Waals surface area (Å²) in [6.07, 6.45) is -19.4. The lowest BCUT2D eigenvalue weighted by Crippen LogP contribution is -2.70. The Bertz CT molecular complexity index is 1040. The Balaban J connectivity index is 1.26. The monoisotopic (exact) mass is 713 g/mol. The fraction of sp³-hybridized carbons (Fsp3) is 1.00. The standard InChI is InChI=1S/C28H55N7O14/c1-34-15-19(40)23-11(43-26(15)49-28-21(42)18(39)14(33)13(7-36)45-28)5-10(32)25(47-23)46-22-9(31)4-8(30)16(37)24(22)48-27-20(41)17(38)12(44-27)6-35-3-2-29/h8-28,34-42H,2-7,29-33H2,1H3/t8-,9?,10?,11+,12-,13?,14-,15?,16?,17-,18?,19?,20-,21?,22-,23?,24?,25+,26-,27+,28-/m1/s1. The average Bonchev–Trinajstić information content (AvgIpc) is 3.33. The van der Waals surface area contributed by atoms with Gasteiger partial charge in [0.15, 0.2) is 25.2 Å². The first-order valence-electron chi connectivity index (χ1n) is 16.7. The van der Waals surface area contributed by atoms with Crippen molar-refractivity contribution in [2.24, 2.45) is 28.7 Å². The zero-order valence-corrected chi connectivity index (χ0v) is 27.2. The SMILES string of the molecule is CNC1C(O)C2O[C@H](O[C@@H]3C(N)C[C@@H](N)C(O)C3O[C@@H]3O[C@H](CNCCN)[C@@H](O)[C@H]3O)C(N)C[C@@H]2O[C@@H]1O[C@H]1OC(CO)[C@@H](N)C(O)C1O. The highest BCUT2D eigenvalue weighted by molar-refractivity contribution is 5.03. The van der Waals surface area contributed by atoms with Crippen molar-refractivity contribution < 1.29 is 68.9 Å². The Hall–Kier alpha value is -0.840. The lowest BCUT2D eigenvalue weighted by molar-refractivity contribution is -0.374. The molecule has 286 valence electrons. The Kier molecular flexibility index (Phi) is 13.6. The van der Waals surface area contributed by atoms with E-state index in [1.165, 1.54) is 0 Å². The van der Waals surface area contributed by atoms with Crippen molar-refractivity contribution in [2.75, 3.05) is 33.3 Å². The quantitative estimate of drug-likeness (QED) is 0.0835. The van der Waals surface area contributed by atoms with Gasteiger partial charge in [-0.3, -0.25) is 0 Å². The van der Waals surface area contributed by atoms with Crippen LogP contribution in [-0.2, 0) is 33.2 Å². The number of hydrogen-bond donors (Lipinski definition) is 14. The third-order valence-electron chi connectivity index (χ3n) is 9.99. The van der Waals surface area contributed by atoms with Gasteiger partial charge < -0.3 is 108 Å². The van der Waals surface area contributed by atoms with Crippen LogP contribution >= 0.6 is 0 Å². The maximum atomic E-state index is 11.4. The minimum Gasteiger partial charge on any atom is -0.394 e. The highest BCUT2D eigenvalue weighted by atomic mass is 16.8. The molecule has 0 aromatic heterocycles. The zero-order valence-electron chi connectivity index (χ0n) is 27.2. The summed E-state index contributed by atoms with van der Waals surface area (Å²) >= 11 is 0. The van der Waals surface area contributed by atoms with Crippen LogP contribution in [0, 0.1) is 0 Å². The van der Waals surface area contributed by atoms with Gasteiger partial charge in [0.25, 0.3) is 0 Å². The Morgan fingerprint density at radius 1 is 0.653 bits per heavy atom. The highest BCUT2D eigenvalue weighted by Crippen LogP contribution is 2.36. The summed E-state index contributed by atoms with van der Waals surface area (Å²) in [5, 5.41) is 80.1. The summed E-state index contributed by atoms with van der Waals surface area (Å²) in [6.45, 7) is 0.475. The van der Waals surface area contributed by atoms with E-state index in [-0.39, 0.29) is 19.4 Å². The number of nitrogens with one attached hydrogen (secondary N) is 2. The van der Waals surface area contributed by atoms with E-state index in [2.05, 4.69) is 10.6 Å². The molecule has 0 aromatic carbocycles. The van der Waals surface area contributed by atoms with Crippen molar-refractivity contribution in [1.29, 1.82) is 0 Å². The maximum Gasteiger partial charge on any atom is 0.189 e. The summed E-state index contributed by atoms with van der Waals surface area (Å²) in [6, 6.07) is -4.46. The van der Waals surface area contributed by atoms with Gasteiger partial charge in [0.2, 0.25) is 0 Å². The van der Waals surface area contributed by atoms with Crippen molar-refractivity contribution in [3.05, 3.63) is 0 Å². The molecule has 0 bridgehead atoms. The topological polar surface area (TPSA) is 360 Å². The molecule has 0 radical (unpaired) electrons. The number of aliphatic hydroxyl groups excluding tert-OH is 7. The van der Waals surface area contributed by atoms with E-state index in [1.54, 1.807) is 7.05 Å². The van der Waals surface area contributed by atoms with E-state index in [9.17, 15) is 35.7 Å². The van der Waals surface area contributed by atoms with Gasteiger partial charge in [0.05, 0.1) is 36.9 Å². The molecule has 21 nitrogen and oxygen atoms in total. The summed E-state index contributed by atoms with van der Waals surface area (Å²) < 4.78 is 41.8. The largest absolute Gasteiger partial charge is 0.394 e. The summed E-state index contributed by atoms with van der Waals surface area (Å²) in [5.41, 5.74) is 30.4. The second-order valence-corrected chi connectivity index (χ2v) is 13.4. The van der Waals surface area contributed by atoms with Crippen LogP contribution in [0.1, 0.15) is 12.8 Å². The number of aliphatic hydroxyl groups is 7. The van der Waals surface area contributed by atoms with Gasteiger partial charge >= 0.3 is 0 Å².